The molecule has 0 aliphatic carbocycles. The Morgan fingerprint density at radius 2 is 1.73 bits per heavy atom. The van der Waals surface area contributed by atoms with Crippen molar-refractivity contribution in [2.24, 2.45) is 0 Å². The number of rotatable bonds is 6. The molecule has 8 heteroatoms. The molecule has 0 unspecified atom stereocenters. The van der Waals surface area contributed by atoms with Crippen molar-refractivity contribution in [3.05, 3.63) is 89.7 Å². The van der Waals surface area contributed by atoms with Crippen LogP contribution in [-0.2, 0) is 4.74 Å². The third-order valence-electron chi connectivity index (χ3n) is 6.27. The minimum Gasteiger partial charge on any atom is -0.465 e. The van der Waals surface area contributed by atoms with Crippen molar-refractivity contribution in [1.82, 2.24) is 19.7 Å². The highest BCUT2D eigenvalue weighted by Gasteiger charge is 2.22. The fourth-order valence-corrected chi connectivity index (χ4v) is 4.34. The number of carbonyl (C=O) groups excluding carboxylic acids is 1. The monoisotopic (exact) mass is 492 g/mol. The zero-order valence-electron chi connectivity index (χ0n) is 21.5. The second kappa shape index (κ2) is 9.73. The van der Waals surface area contributed by atoms with Crippen LogP contribution in [-0.4, -0.2) is 46.9 Å². The second-order valence-electron chi connectivity index (χ2n) is 9.00. The summed E-state index contributed by atoms with van der Waals surface area (Å²) in [5, 5.41) is 8.43. The van der Waals surface area contributed by atoms with Gasteiger partial charge in [-0.05, 0) is 55.3 Å². The number of anilines is 3. The highest BCUT2D eigenvalue weighted by molar-refractivity contribution is 5.97. The Labute approximate surface area is 215 Å². The van der Waals surface area contributed by atoms with Crippen molar-refractivity contribution in [3.63, 3.8) is 0 Å². The SMILES string of the molecule is COC(=O)c1ccccc1Nc1c(-c2ccc3ncc(N(C)C)nc3c2)c(C)nn1-c1ccccc1C. The summed E-state index contributed by atoms with van der Waals surface area (Å²) >= 11 is 0. The van der Waals surface area contributed by atoms with Gasteiger partial charge in [0.2, 0.25) is 0 Å². The van der Waals surface area contributed by atoms with Gasteiger partial charge in [0.15, 0.2) is 0 Å². The summed E-state index contributed by atoms with van der Waals surface area (Å²) in [6, 6.07) is 21.4. The molecule has 2 aromatic heterocycles. The first-order chi connectivity index (χ1) is 17.9. The molecule has 37 heavy (non-hydrogen) atoms. The Morgan fingerprint density at radius 1 is 0.973 bits per heavy atom. The van der Waals surface area contributed by atoms with E-state index in [1.54, 1.807) is 12.3 Å². The number of carbonyl (C=O) groups is 1. The van der Waals surface area contributed by atoms with E-state index in [9.17, 15) is 4.79 Å². The molecular weight excluding hydrogens is 464 g/mol. The van der Waals surface area contributed by atoms with Crippen LogP contribution in [0.15, 0.2) is 72.9 Å². The topological polar surface area (TPSA) is 85.2 Å². The maximum absolute atomic E-state index is 12.5. The van der Waals surface area contributed by atoms with Gasteiger partial charge in [0, 0.05) is 19.7 Å². The summed E-state index contributed by atoms with van der Waals surface area (Å²) in [6.45, 7) is 4.03. The van der Waals surface area contributed by atoms with Crippen molar-refractivity contribution in [1.29, 1.82) is 0 Å². The predicted octanol–water partition coefficient (Wildman–Crippen LogP) is 5.70. The van der Waals surface area contributed by atoms with E-state index in [-0.39, 0.29) is 0 Å². The number of nitrogens with one attached hydrogen (secondary N) is 1. The minimum absolute atomic E-state index is 0.416. The lowest BCUT2D eigenvalue weighted by molar-refractivity contribution is 0.0602. The summed E-state index contributed by atoms with van der Waals surface area (Å²) in [4.78, 5) is 23.8. The van der Waals surface area contributed by atoms with Crippen LogP contribution in [0.3, 0.4) is 0 Å². The number of fused-ring (bicyclic) bond motifs is 1. The third kappa shape index (κ3) is 4.49. The summed E-state index contributed by atoms with van der Waals surface area (Å²) in [6.07, 6.45) is 1.76. The quantitative estimate of drug-likeness (QED) is 0.305. The van der Waals surface area contributed by atoms with Crippen LogP contribution in [0, 0.1) is 13.8 Å². The Kier molecular flexibility index (Phi) is 6.31. The number of para-hydroxylation sites is 2. The van der Waals surface area contributed by atoms with E-state index in [1.165, 1.54) is 7.11 Å². The van der Waals surface area contributed by atoms with E-state index in [0.29, 0.717) is 11.3 Å². The van der Waals surface area contributed by atoms with Gasteiger partial charge < -0.3 is 15.0 Å². The van der Waals surface area contributed by atoms with Gasteiger partial charge in [-0.2, -0.15) is 5.10 Å². The van der Waals surface area contributed by atoms with E-state index in [0.717, 1.165) is 50.7 Å². The van der Waals surface area contributed by atoms with E-state index in [1.807, 2.05) is 98.2 Å². The molecule has 0 aliphatic rings. The fourth-order valence-electron chi connectivity index (χ4n) is 4.34. The predicted molar refractivity (Wildman–Crippen MR) is 147 cm³/mol. The molecule has 0 amide bonds. The number of hydrogen-bond acceptors (Lipinski definition) is 7. The molecule has 0 spiro atoms. The Hall–Kier alpha value is -4.72. The first-order valence-corrected chi connectivity index (χ1v) is 11.9. The molecule has 1 N–H and O–H groups in total. The molecule has 0 aliphatic heterocycles. The van der Waals surface area contributed by atoms with Gasteiger partial charge in [-0.3, -0.25) is 4.98 Å². The van der Waals surface area contributed by atoms with Crippen LogP contribution >= 0.6 is 0 Å². The summed E-state index contributed by atoms with van der Waals surface area (Å²) in [7, 11) is 5.26. The van der Waals surface area contributed by atoms with Gasteiger partial charge in [-0.15, -0.1) is 0 Å². The molecule has 3 aromatic carbocycles. The lowest BCUT2D eigenvalue weighted by Crippen LogP contribution is -2.11. The Balaban J connectivity index is 1.74. The lowest BCUT2D eigenvalue weighted by atomic mass is 10.0. The molecule has 0 bridgehead atoms. The van der Waals surface area contributed by atoms with Gasteiger partial charge in [-0.1, -0.05) is 36.4 Å². The molecule has 0 radical (unpaired) electrons. The van der Waals surface area contributed by atoms with Crippen LogP contribution in [0.1, 0.15) is 21.6 Å². The van der Waals surface area contributed by atoms with Crippen molar-refractivity contribution in [3.8, 4) is 16.8 Å². The second-order valence-corrected chi connectivity index (χ2v) is 9.00. The first-order valence-electron chi connectivity index (χ1n) is 11.9. The molecule has 186 valence electrons. The highest BCUT2D eigenvalue weighted by Crippen LogP contribution is 2.37. The average molecular weight is 493 g/mol. The van der Waals surface area contributed by atoms with Gasteiger partial charge in [-0.25, -0.2) is 14.5 Å². The van der Waals surface area contributed by atoms with Gasteiger partial charge >= 0.3 is 5.97 Å². The van der Waals surface area contributed by atoms with E-state index in [2.05, 4.69) is 10.3 Å². The zero-order chi connectivity index (χ0) is 26.1. The molecule has 0 saturated carbocycles. The normalized spacial score (nSPS) is 10.9. The number of ether oxygens (including phenoxy) is 1. The number of benzene rings is 3. The zero-order valence-corrected chi connectivity index (χ0v) is 21.5. The molecule has 5 rings (SSSR count). The summed E-state index contributed by atoms with van der Waals surface area (Å²) < 4.78 is 6.92. The van der Waals surface area contributed by atoms with E-state index in [4.69, 9.17) is 14.8 Å². The lowest BCUT2D eigenvalue weighted by Gasteiger charge is -2.16. The maximum atomic E-state index is 12.5. The van der Waals surface area contributed by atoms with Gasteiger partial charge in [0.05, 0.1) is 47.0 Å². The molecule has 0 atom stereocenters. The van der Waals surface area contributed by atoms with E-state index < -0.39 is 5.97 Å². The number of hydrogen-bond donors (Lipinski definition) is 1. The largest absolute Gasteiger partial charge is 0.465 e. The number of nitrogens with zero attached hydrogens (tertiary/aromatic N) is 5. The Bertz CT molecular complexity index is 1620. The molecule has 0 saturated heterocycles. The maximum Gasteiger partial charge on any atom is 0.339 e. The van der Waals surface area contributed by atoms with Crippen molar-refractivity contribution in [2.45, 2.75) is 13.8 Å². The number of methoxy groups -OCH3 is 1. The van der Waals surface area contributed by atoms with Crippen LogP contribution in [0.25, 0.3) is 27.8 Å². The molecular formula is C29H28N6O2. The van der Waals surface area contributed by atoms with Crippen molar-refractivity contribution >= 4 is 34.3 Å². The van der Waals surface area contributed by atoms with Crippen LogP contribution < -0.4 is 10.2 Å². The number of esters is 1. The fraction of sp³-hybridized carbons (Fsp3) is 0.172. The third-order valence-corrected chi connectivity index (χ3v) is 6.27. The highest BCUT2D eigenvalue weighted by atomic mass is 16.5. The molecule has 0 fully saturated rings. The number of aryl methyl sites for hydroxylation is 2. The van der Waals surface area contributed by atoms with Crippen molar-refractivity contribution in [2.75, 3.05) is 31.4 Å². The Morgan fingerprint density at radius 3 is 2.49 bits per heavy atom. The van der Waals surface area contributed by atoms with Gasteiger partial charge in [0.1, 0.15) is 11.6 Å². The average Bonchev–Trinajstić information content (AvgIpc) is 3.23. The summed E-state index contributed by atoms with van der Waals surface area (Å²) in [5.74, 6) is 1.10. The standard InChI is InChI=1S/C29H28N6O2/c1-18-10-6-9-13-25(18)35-28(32-22-12-8-7-11-21(22)29(36)37-5)27(19(2)33-35)20-14-15-23-24(16-20)31-26(17-30-23)34(3)4/h6-17,32H,1-5H3. The first kappa shape index (κ1) is 24.0. The summed E-state index contributed by atoms with van der Waals surface area (Å²) in [5.41, 5.74) is 7.34. The van der Waals surface area contributed by atoms with Crippen LogP contribution in [0.2, 0.25) is 0 Å². The van der Waals surface area contributed by atoms with E-state index >= 15 is 0 Å². The minimum atomic E-state index is -0.416. The molecule has 5 aromatic rings. The molecule has 2 heterocycles. The van der Waals surface area contributed by atoms with Crippen LogP contribution in [0.4, 0.5) is 17.3 Å². The molecule has 8 nitrogen and oxygen atoms in total. The van der Waals surface area contributed by atoms with Crippen molar-refractivity contribution < 1.29 is 9.53 Å². The smallest absolute Gasteiger partial charge is 0.339 e. The van der Waals surface area contributed by atoms with Crippen LogP contribution in [0.5, 0.6) is 0 Å². The van der Waals surface area contributed by atoms with Gasteiger partial charge in [0.25, 0.3) is 0 Å². The number of aromatic nitrogens is 4.